The molecule has 0 spiro atoms. The smallest absolute Gasteiger partial charge is 0.337 e. The fourth-order valence-electron chi connectivity index (χ4n) is 3.26. The Balaban J connectivity index is 1.79. The summed E-state index contributed by atoms with van der Waals surface area (Å²) >= 11 is 3.45. The zero-order valence-corrected chi connectivity index (χ0v) is 22.0. The number of benzene rings is 3. The van der Waals surface area contributed by atoms with E-state index in [4.69, 9.17) is 9.47 Å². The van der Waals surface area contributed by atoms with E-state index in [0.29, 0.717) is 39.4 Å². The molecule has 1 amide bonds. The number of nitro benzene ring substituents is 1. The van der Waals surface area contributed by atoms with Crippen molar-refractivity contribution in [2.24, 2.45) is 0 Å². The second-order valence-corrected chi connectivity index (χ2v) is 8.52. The number of methoxy groups -OCH3 is 1. The minimum absolute atomic E-state index is 0.0170. The normalized spacial score (nSPS) is 10.7. The number of anilines is 1. The van der Waals surface area contributed by atoms with Gasteiger partial charge in [-0.15, -0.1) is 0 Å². The van der Waals surface area contributed by atoms with E-state index in [-0.39, 0.29) is 17.9 Å². The highest BCUT2D eigenvalue weighted by Gasteiger charge is 2.15. The molecule has 3 aromatic rings. The number of non-ortho nitro benzene ring substituents is 1. The Labute approximate surface area is 226 Å². The van der Waals surface area contributed by atoms with E-state index in [0.717, 1.165) is 5.56 Å². The Bertz CT molecular complexity index is 1410. The lowest BCUT2D eigenvalue weighted by Crippen LogP contribution is -2.13. The zero-order valence-electron chi connectivity index (χ0n) is 20.4. The van der Waals surface area contributed by atoms with Gasteiger partial charge in [0.25, 0.3) is 11.6 Å². The number of nitrogens with one attached hydrogen (secondary N) is 1. The van der Waals surface area contributed by atoms with Crippen molar-refractivity contribution in [3.63, 3.8) is 0 Å². The summed E-state index contributed by atoms with van der Waals surface area (Å²) in [5, 5.41) is 23.1. The first-order valence-electron chi connectivity index (χ1n) is 11.2. The van der Waals surface area contributed by atoms with Crippen LogP contribution in [0.5, 0.6) is 11.5 Å². The van der Waals surface area contributed by atoms with E-state index in [9.17, 15) is 25.0 Å². The molecule has 0 aliphatic rings. The summed E-state index contributed by atoms with van der Waals surface area (Å²) in [7, 11) is 1.27. The van der Waals surface area contributed by atoms with Gasteiger partial charge < -0.3 is 19.5 Å². The van der Waals surface area contributed by atoms with Crippen molar-refractivity contribution >= 4 is 45.3 Å². The first-order valence-corrected chi connectivity index (χ1v) is 12.0. The van der Waals surface area contributed by atoms with Gasteiger partial charge >= 0.3 is 5.97 Å². The number of nitro groups is 1. The predicted octanol–water partition coefficient (Wildman–Crippen LogP) is 5.67. The van der Waals surface area contributed by atoms with Crippen LogP contribution in [0, 0.1) is 21.4 Å². The largest absolute Gasteiger partial charge is 0.490 e. The number of hydrogen-bond donors (Lipinski definition) is 1. The average molecular weight is 580 g/mol. The van der Waals surface area contributed by atoms with Crippen molar-refractivity contribution in [2.75, 3.05) is 19.0 Å². The van der Waals surface area contributed by atoms with Crippen LogP contribution < -0.4 is 14.8 Å². The Morgan fingerprint density at radius 3 is 2.37 bits per heavy atom. The molecule has 38 heavy (non-hydrogen) atoms. The van der Waals surface area contributed by atoms with Gasteiger partial charge in [0.2, 0.25) is 0 Å². The summed E-state index contributed by atoms with van der Waals surface area (Å²) in [6.07, 6.45) is 1.41. The van der Waals surface area contributed by atoms with Crippen molar-refractivity contribution in [1.29, 1.82) is 5.26 Å². The molecule has 194 valence electrons. The minimum Gasteiger partial charge on any atom is -0.490 e. The lowest BCUT2D eigenvalue weighted by molar-refractivity contribution is -0.384. The number of amides is 1. The number of hydrogen-bond acceptors (Lipinski definition) is 8. The number of nitrogens with zero attached hydrogens (tertiary/aromatic N) is 2. The summed E-state index contributed by atoms with van der Waals surface area (Å²) in [5.74, 6) is -0.357. The lowest BCUT2D eigenvalue weighted by Gasteiger charge is -2.15. The Kier molecular flexibility index (Phi) is 9.56. The molecule has 0 saturated heterocycles. The van der Waals surface area contributed by atoms with Crippen LogP contribution in [0.4, 0.5) is 11.4 Å². The maximum Gasteiger partial charge on any atom is 0.337 e. The van der Waals surface area contributed by atoms with Crippen LogP contribution in [-0.2, 0) is 16.1 Å². The number of carbonyl (C=O) groups excluding carboxylic acids is 2. The topological polar surface area (TPSA) is 141 Å². The number of rotatable bonds is 10. The van der Waals surface area contributed by atoms with Crippen LogP contribution in [0.2, 0.25) is 0 Å². The molecule has 0 unspecified atom stereocenters. The van der Waals surface area contributed by atoms with Crippen molar-refractivity contribution in [3.8, 4) is 17.6 Å². The average Bonchev–Trinajstić information content (AvgIpc) is 2.91. The summed E-state index contributed by atoms with van der Waals surface area (Å²) in [5.41, 5.74) is 1.78. The summed E-state index contributed by atoms with van der Waals surface area (Å²) < 4.78 is 16.8. The number of nitriles is 1. The highest BCUT2D eigenvalue weighted by atomic mass is 79.9. The number of halogens is 1. The number of ether oxygens (including phenoxy) is 3. The maximum atomic E-state index is 12.7. The molecule has 0 saturated carbocycles. The quantitative estimate of drug-likeness (QED) is 0.106. The first-order chi connectivity index (χ1) is 18.2. The Hall–Kier alpha value is -4.69. The summed E-state index contributed by atoms with van der Waals surface area (Å²) in [4.78, 5) is 34.7. The molecule has 3 rings (SSSR count). The van der Waals surface area contributed by atoms with Crippen molar-refractivity contribution in [2.45, 2.75) is 13.5 Å². The van der Waals surface area contributed by atoms with Crippen LogP contribution in [0.3, 0.4) is 0 Å². The zero-order chi connectivity index (χ0) is 27.7. The minimum atomic E-state index is -0.633. The van der Waals surface area contributed by atoms with Gasteiger partial charge in [-0.05, 0) is 88.6 Å². The molecule has 10 nitrogen and oxygen atoms in total. The Morgan fingerprint density at radius 1 is 1.11 bits per heavy atom. The molecule has 0 atom stereocenters. The second kappa shape index (κ2) is 13.0. The molecular weight excluding hydrogens is 558 g/mol. The van der Waals surface area contributed by atoms with Crippen LogP contribution in [-0.4, -0.2) is 30.5 Å². The summed E-state index contributed by atoms with van der Waals surface area (Å²) in [6.45, 7) is 2.27. The molecule has 0 aliphatic heterocycles. The molecule has 11 heteroatoms. The van der Waals surface area contributed by atoms with Gasteiger partial charge in [-0.25, -0.2) is 4.79 Å². The van der Waals surface area contributed by atoms with E-state index < -0.39 is 16.8 Å². The molecular formula is C27H22BrN3O7. The van der Waals surface area contributed by atoms with Crippen molar-refractivity contribution < 1.29 is 28.7 Å². The third kappa shape index (κ3) is 7.18. The van der Waals surface area contributed by atoms with Crippen LogP contribution in [0.1, 0.15) is 28.4 Å². The molecule has 0 fully saturated rings. The van der Waals surface area contributed by atoms with Crippen LogP contribution >= 0.6 is 15.9 Å². The number of esters is 1. The van der Waals surface area contributed by atoms with Crippen molar-refractivity contribution in [3.05, 3.63) is 97.5 Å². The molecule has 3 aromatic carbocycles. The van der Waals surface area contributed by atoms with Crippen LogP contribution in [0.15, 0.2) is 70.7 Å². The first kappa shape index (κ1) is 27.9. The Morgan fingerprint density at radius 2 is 1.79 bits per heavy atom. The number of carbonyl (C=O) groups is 2. The molecule has 0 radical (unpaired) electrons. The van der Waals surface area contributed by atoms with Gasteiger partial charge in [0.15, 0.2) is 11.5 Å². The maximum absolute atomic E-state index is 12.7. The highest BCUT2D eigenvalue weighted by molar-refractivity contribution is 9.10. The molecule has 1 N–H and O–H groups in total. The van der Waals surface area contributed by atoms with E-state index in [1.54, 1.807) is 31.2 Å². The lowest BCUT2D eigenvalue weighted by atomic mass is 10.1. The third-order valence-corrected chi connectivity index (χ3v) is 5.69. The van der Waals surface area contributed by atoms with E-state index in [1.165, 1.54) is 49.6 Å². The molecule has 0 bridgehead atoms. The van der Waals surface area contributed by atoms with E-state index in [1.807, 2.05) is 6.07 Å². The molecule has 0 heterocycles. The van der Waals surface area contributed by atoms with E-state index in [2.05, 4.69) is 26.0 Å². The fourth-order valence-corrected chi connectivity index (χ4v) is 3.84. The SMILES string of the molecule is CCOc1cc(/C=C(\C#N)C(=O)Nc2ccc(C(=O)OC)cc2)cc(Br)c1OCc1ccc([N+](=O)[O-])cc1. The van der Waals surface area contributed by atoms with Gasteiger partial charge in [0, 0.05) is 17.8 Å². The van der Waals surface area contributed by atoms with Gasteiger partial charge in [0.1, 0.15) is 18.2 Å². The van der Waals surface area contributed by atoms with Gasteiger partial charge in [-0.3, -0.25) is 14.9 Å². The third-order valence-electron chi connectivity index (χ3n) is 5.10. The van der Waals surface area contributed by atoms with Gasteiger partial charge in [-0.1, -0.05) is 0 Å². The second-order valence-electron chi connectivity index (χ2n) is 7.67. The standard InChI is InChI=1S/C27H22BrN3O7/c1-3-37-24-14-18(13-23(28)25(24)38-16-17-4-10-22(11-5-17)31(34)35)12-20(15-29)26(32)30-21-8-6-19(7-9-21)27(33)36-2/h4-14H,3,16H2,1-2H3,(H,30,32)/b20-12+. The van der Waals surface area contributed by atoms with Crippen LogP contribution in [0.25, 0.3) is 6.08 Å². The summed E-state index contributed by atoms with van der Waals surface area (Å²) in [6, 6.07) is 17.2. The predicted molar refractivity (Wildman–Crippen MR) is 143 cm³/mol. The monoisotopic (exact) mass is 579 g/mol. The fraction of sp³-hybridized carbons (Fsp3) is 0.148. The molecule has 0 aromatic heterocycles. The highest BCUT2D eigenvalue weighted by Crippen LogP contribution is 2.38. The van der Waals surface area contributed by atoms with E-state index >= 15 is 0 Å². The van der Waals surface area contributed by atoms with Gasteiger partial charge in [-0.2, -0.15) is 5.26 Å². The van der Waals surface area contributed by atoms with Crippen molar-refractivity contribution in [1.82, 2.24) is 0 Å². The molecule has 0 aliphatic carbocycles. The van der Waals surface area contributed by atoms with Gasteiger partial charge in [0.05, 0.1) is 28.7 Å².